The van der Waals surface area contributed by atoms with Crippen molar-refractivity contribution in [3.63, 3.8) is 0 Å². The van der Waals surface area contributed by atoms with Crippen molar-refractivity contribution >= 4 is 0 Å². The molecule has 3 unspecified atom stereocenters. The molecule has 2 saturated heterocycles. The standard InChI is InChI=1S/C19H30N2O/c22-14-11-17(16-7-2-1-3-8-16)15-20-18-9-6-13-21-12-5-4-10-19(18)21/h1-3,7-8,17-20,22H,4-6,9-15H2. The van der Waals surface area contributed by atoms with Crippen molar-refractivity contribution in [2.75, 3.05) is 26.2 Å². The first-order valence-electron chi connectivity index (χ1n) is 9.01. The predicted molar refractivity (Wildman–Crippen MR) is 91.1 cm³/mol. The Morgan fingerprint density at radius 2 is 1.91 bits per heavy atom. The van der Waals surface area contributed by atoms with Crippen molar-refractivity contribution in [2.45, 2.75) is 56.5 Å². The van der Waals surface area contributed by atoms with Crippen molar-refractivity contribution in [3.05, 3.63) is 35.9 Å². The summed E-state index contributed by atoms with van der Waals surface area (Å²) in [5, 5.41) is 13.2. The second-order valence-electron chi connectivity index (χ2n) is 6.88. The minimum Gasteiger partial charge on any atom is -0.396 e. The van der Waals surface area contributed by atoms with Gasteiger partial charge >= 0.3 is 0 Å². The number of aliphatic hydroxyl groups excluding tert-OH is 1. The fourth-order valence-corrected chi connectivity index (χ4v) is 4.26. The van der Waals surface area contributed by atoms with Gasteiger partial charge in [0.25, 0.3) is 0 Å². The highest BCUT2D eigenvalue weighted by Crippen LogP contribution is 2.27. The molecule has 0 saturated carbocycles. The van der Waals surface area contributed by atoms with E-state index >= 15 is 0 Å². The number of benzene rings is 1. The number of rotatable bonds is 6. The highest BCUT2D eigenvalue weighted by Gasteiger charge is 2.32. The molecule has 2 aliphatic rings. The highest BCUT2D eigenvalue weighted by atomic mass is 16.3. The summed E-state index contributed by atoms with van der Waals surface area (Å²) < 4.78 is 0. The second kappa shape index (κ2) is 8.09. The average molecular weight is 302 g/mol. The van der Waals surface area contributed by atoms with Crippen LogP contribution in [0.1, 0.15) is 50.0 Å². The lowest BCUT2D eigenvalue weighted by molar-refractivity contribution is 0.0766. The molecule has 3 heteroatoms. The van der Waals surface area contributed by atoms with Gasteiger partial charge in [-0.3, -0.25) is 4.90 Å². The van der Waals surface area contributed by atoms with Crippen LogP contribution >= 0.6 is 0 Å². The van der Waals surface area contributed by atoms with E-state index in [0.29, 0.717) is 12.0 Å². The molecular weight excluding hydrogens is 272 g/mol. The lowest BCUT2D eigenvalue weighted by atomic mass is 9.88. The van der Waals surface area contributed by atoms with Crippen LogP contribution in [0, 0.1) is 0 Å². The van der Waals surface area contributed by atoms with Crippen LogP contribution < -0.4 is 5.32 Å². The van der Waals surface area contributed by atoms with E-state index in [2.05, 4.69) is 40.5 Å². The minimum absolute atomic E-state index is 0.265. The van der Waals surface area contributed by atoms with E-state index in [9.17, 15) is 5.11 Å². The van der Waals surface area contributed by atoms with E-state index in [1.54, 1.807) is 0 Å². The molecule has 2 N–H and O–H groups in total. The predicted octanol–water partition coefficient (Wildman–Crippen LogP) is 2.76. The fraction of sp³-hybridized carbons (Fsp3) is 0.684. The van der Waals surface area contributed by atoms with Gasteiger partial charge in [0.1, 0.15) is 0 Å². The van der Waals surface area contributed by atoms with Gasteiger partial charge in [0.05, 0.1) is 0 Å². The van der Waals surface area contributed by atoms with E-state index < -0.39 is 0 Å². The van der Waals surface area contributed by atoms with Gasteiger partial charge in [-0.1, -0.05) is 36.8 Å². The largest absolute Gasteiger partial charge is 0.396 e. The summed E-state index contributed by atoms with van der Waals surface area (Å²) in [6.45, 7) is 3.84. The Morgan fingerprint density at radius 3 is 2.73 bits per heavy atom. The van der Waals surface area contributed by atoms with Crippen LogP contribution in [-0.4, -0.2) is 48.3 Å². The average Bonchev–Trinajstić information content (AvgIpc) is 2.59. The van der Waals surface area contributed by atoms with Crippen molar-refractivity contribution in [2.24, 2.45) is 0 Å². The Balaban J connectivity index is 1.59. The van der Waals surface area contributed by atoms with Crippen molar-refractivity contribution < 1.29 is 5.11 Å². The Bertz CT molecular complexity index is 434. The highest BCUT2D eigenvalue weighted by molar-refractivity contribution is 5.20. The fourth-order valence-electron chi connectivity index (χ4n) is 4.26. The Morgan fingerprint density at radius 1 is 1.09 bits per heavy atom. The molecule has 1 aromatic rings. The molecule has 0 spiro atoms. The van der Waals surface area contributed by atoms with Crippen LogP contribution in [0.15, 0.2) is 30.3 Å². The normalized spacial score (nSPS) is 27.3. The van der Waals surface area contributed by atoms with Gasteiger partial charge in [-0.15, -0.1) is 0 Å². The number of nitrogens with zero attached hydrogens (tertiary/aromatic N) is 1. The Kier molecular flexibility index (Phi) is 5.88. The molecule has 0 amide bonds. The maximum absolute atomic E-state index is 9.39. The molecule has 2 heterocycles. The summed E-state index contributed by atoms with van der Waals surface area (Å²) >= 11 is 0. The number of hydrogen-bond acceptors (Lipinski definition) is 3. The van der Waals surface area contributed by atoms with Crippen LogP contribution in [0.25, 0.3) is 0 Å². The third-order valence-electron chi connectivity index (χ3n) is 5.46. The first kappa shape index (κ1) is 16.0. The summed E-state index contributed by atoms with van der Waals surface area (Å²) in [5.74, 6) is 0.421. The molecule has 2 aliphatic heterocycles. The zero-order valence-corrected chi connectivity index (χ0v) is 13.6. The monoisotopic (exact) mass is 302 g/mol. The van der Waals surface area contributed by atoms with Gasteiger partial charge in [-0.2, -0.15) is 0 Å². The SMILES string of the molecule is OCCC(CNC1CCCN2CCCCC12)c1ccccc1. The van der Waals surface area contributed by atoms with Gasteiger partial charge in [0.15, 0.2) is 0 Å². The smallest absolute Gasteiger partial charge is 0.0437 e. The minimum atomic E-state index is 0.265. The van der Waals surface area contributed by atoms with Crippen molar-refractivity contribution in [3.8, 4) is 0 Å². The van der Waals surface area contributed by atoms with E-state index in [0.717, 1.165) is 19.0 Å². The zero-order valence-electron chi connectivity index (χ0n) is 13.6. The van der Waals surface area contributed by atoms with Gasteiger partial charge in [0.2, 0.25) is 0 Å². The Hall–Kier alpha value is -0.900. The summed E-state index contributed by atoms with van der Waals surface area (Å²) in [7, 11) is 0. The maximum Gasteiger partial charge on any atom is 0.0437 e. The van der Waals surface area contributed by atoms with Gasteiger partial charge < -0.3 is 10.4 Å². The van der Waals surface area contributed by atoms with Crippen LogP contribution in [-0.2, 0) is 0 Å². The zero-order chi connectivity index (χ0) is 15.2. The van der Waals surface area contributed by atoms with Gasteiger partial charge in [-0.05, 0) is 56.7 Å². The molecule has 0 radical (unpaired) electrons. The molecule has 122 valence electrons. The molecule has 0 aromatic heterocycles. The molecule has 0 bridgehead atoms. The van der Waals surface area contributed by atoms with Crippen molar-refractivity contribution in [1.29, 1.82) is 0 Å². The van der Waals surface area contributed by atoms with Crippen LogP contribution in [0.5, 0.6) is 0 Å². The Labute approximate surface area is 134 Å². The van der Waals surface area contributed by atoms with E-state index in [-0.39, 0.29) is 6.61 Å². The number of aliphatic hydroxyl groups is 1. The molecule has 0 aliphatic carbocycles. The lowest BCUT2D eigenvalue weighted by Gasteiger charge is -2.45. The summed E-state index contributed by atoms with van der Waals surface area (Å²) in [4.78, 5) is 2.70. The van der Waals surface area contributed by atoms with Crippen molar-refractivity contribution in [1.82, 2.24) is 10.2 Å². The third-order valence-corrected chi connectivity index (χ3v) is 5.46. The molecule has 3 atom stereocenters. The summed E-state index contributed by atoms with van der Waals surface area (Å²) in [6.07, 6.45) is 7.59. The molecular formula is C19H30N2O. The van der Waals surface area contributed by atoms with E-state index in [1.165, 1.54) is 50.8 Å². The number of hydrogen-bond donors (Lipinski definition) is 2. The quantitative estimate of drug-likeness (QED) is 0.848. The van der Waals surface area contributed by atoms with Crippen LogP contribution in [0.3, 0.4) is 0 Å². The van der Waals surface area contributed by atoms with E-state index in [1.807, 2.05) is 0 Å². The number of fused-ring (bicyclic) bond motifs is 1. The molecule has 3 rings (SSSR count). The summed E-state index contributed by atoms with van der Waals surface area (Å²) in [6, 6.07) is 12.0. The maximum atomic E-state index is 9.39. The molecule has 22 heavy (non-hydrogen) atoms. The number of piperidine rings is 2. The van der Waals surface area contributed by atoms with E-state index in [4.69, 9.17) is 0 Å². The van der Waals surface area contributed by atoms with Crippen LogP contribution in [0.2, 0.25) is 0 Å². The lowest BCUT2D eigenvalue weighted by Crippen LogP contribution is -2.56. The molecule has 3 nitrogen and oxygen atoms in total. The molecule has 1 aromatic carbocycles. The van der Waals surface area contributed by atoms with Gasteiger partial charge in [-0.25, -0.2) is 0 Å². The van der Waals surface area contributed by atoms with Gasteiger partial charge in [0, 0.05) is 25.2 Å². The summed E-state index contributed by atoms with van der Waals surface area (Å²) in [5.41, 5.74) is 1.35. The number of nitrogens with one attached hydrogen (secondary N) is 1. The molecule has 2 fully saturated rings. The first-order valence-corrected chi connectivity index (χ1v) is 9.01. The topological polar surface area (TPSA) is 35.5 Å². The first-order chi connectivity index (χ1) is 10.9. The second-order valence-corrected chi connectivity index (χ2v) is 6.88. The van der Waals surface area contributed by atoms with Crippen LogP contribution in [0.4, 0.5) is 0 Å². The third kappa shape index (κ3) is 3.89.